The fourth-order valence-corrected chi connectivity index (χ4v) is 2.84. The van der Waals surface area contributed by atoms with Gasteiger partial charge in [0.25, 0.3) is 11.8 Å². The van der Waals surface area contributed by atoms with E-state index in [1.807, 2.05) is 17.5 Å². The molecule has 1 aliphatic heterocycles. The first-order chi connectivity index (χ1) is 10.6. The molecule has 1 N–H and O–H groups in total. The lowest BCUT2D eigenvalue weighted by Crippen LogP contribution is -2.24. The van der Waals surface area contributed by atoms with Crippen LogP contribution < -0.4 is 5.32 Å². The Hall–Kier alpha value is -2.73. The van der Waals surface area contributed by atoms with Crippen molar-refractivity contribution in [1.29, 1.82) is 0 Å². The van der Waals surface area contributed by atoms with Crippen LogP contribution in [-0.4, -0.2) is 29.7 Å². The number of carbonyl (C=O) groups is 3. The summed E-state index contributed by atoms with van der Waals surface area (Å²) in [5.74, 6) is -1.11. The monoisotopic (exact) mass is 312 g/mol. The van der Waals surface area contributed by atoms with Gasteiger partial charge in [-0.2, -0.15) is 0 Å². The Morgan fingerprint density at radius 2 is 2.00 bits per heavy atom. The topological polar surface area (TPSA) is 66.5 Å². The number of fused-ring (bicyclic) bond motifs is 1. The zero-order chi connectivity index (χ0) is 15.7. The van der Waals surface area contributed by atoms with Crippen molar-refractivity contribution in [3.8, 4) is 0 Å². The van der Waals surface area contributed by atoms with Crippen molar-refractivity contribution < 1.29 is 14.4 Å². The molecule has 0 atom stereocenters. The molecule has 1 aliphatic rings. The van der Waals surface area contributed by atoms with E-state index < -0.39 is 5.91 Å². The number of hydrogen-bond donors (Lipinski definition) is 1. The average molecular weight is 312 g/mol. The summed E-state index contributed by atoms with van der Waals surface area (Å²) in [5.41, 5.74) is 0.904. The maximum atomic E-state index is 12.1. The van der Waals surface area contributed by atoms with Crippen molar-refractivity contribution in [1.82, 2.24) is 4.90 Å². The van der Waals surface area contributed by atoms with Gasteiger partial charge in [0.15, 0.2) is 0 Å². The van der Waals surface area contributed by atoms with Gasteiger partial charge in [0.05, 0.1) is 16.8 Å². The number of anilines is 1. The third-order valence-electron chi connectivity index (χ3n) is 3.32. The van der Waals surface area contributed by atoms with Crippen molar-refractivity contribution in [2.45, 2.75) is 0 Å². The van der Waals surface area contributed by atoms with Crippen molar-refractivity contribution in [3.05, 3.63) is 57.8 Å². The van der Waals surface area contributed by atoms with Gasteiger partial charge >= 0.3 is 0 Å². The quantitative estimate of drug-likeness (QED) is 0.700. The lowest BCUT2D eigenvalue weighted by Gasteiger charge is -2.07. The smallest absolute Gasteiger partial charge is 0.263 e. The summed E-state index contributed by atoms with van der Waals surface area (Å²) in [6.45, 7) is 0. The highest BCUT2D eigenvalue weighted by molar-refractivity contribution is 7.10. The van der Waals surface area contributed by atoms with Crippen molar-refractivity contribution in [2.24, 2.45) is 0 Å². The largest absolute Gasteiger partial charge is 0.322 e. The van der Waals surface area contributed by atoms with Crippen LogP contribution in [0.15, 0.2) is 41.8 Å². The Labute approximate surface area is 130 Å². The molecule has 2 heterocycles. The maximum Gasteiger partial charge on any atom is 0.263 e. The van der Waals surface area contributed by atoms with Gasteiger partial charge in [0.1, 0.15) is 0 Å². The van der Waals surface area contributed by atoms with E-state index in [4.69, 9.17) is 0 Å². The fourth-order valence-electron chi connectivity index (χ4n) is 2.22. The zero-order valence-corrected chi connectivity index (χ0v) is 12.5. The third-order valence-corrected chi connectivity index (χ3v) is 4.16. The summed E-state index contributed by atoms with van der Waals surface area (Å²) < 4.78 is 0. The van der Waals surface area contributed by atoms with Crippen molar-refractivity contribution in [3.63, 3.8) is 0 Å². The van der Waals surface area contributed by atoms with Crippen molar-refractivity contribution in [2.75, 3.05) is 12.4 Å². The number of thiophene rings is 1. The van der Waals surface area contributed by atoms with E-state index in [-0.39, 0.29) is 17.4 Å². The molecule has 0 aliphatic carbocycles. The van der Waals surface area contributed by atoms with Gasteiger partial charge in [-0.1, -0.05) is 12.1 Å². The number of amides is 3. The van der Waals surface area contributed by atoms with E-state index in [0.717, 1.165) is 9.78 Å². The molecule has 0 radical (unpaired) electrons. The molecule has 3 rings (SSSR count). The second-order valence-corrected chi connectivity index (χ2v) is 5.71. The molecule has 2 aromatic rings. The number of nitrogens with zero attached hydrogens (tertiary/aromatic N) is 1. The minimum Gasteiger partial charge on any atom is -0.322 e. The minimum atomic E-state index is -0.405. The fraction of sp³-hybridized carbons (Fsp3) is 0.0625. The van der Waals surface area contributed by atoms with Crippen LogP contribution in [0.25, 0.3) is 6.08 Å². The first-order valence-electron chi connectivity index (χ1n) is 6.56. The van der Waals surface area contributed by atoms with E-state index in [9.17, 15) is 14.4 Å². The molecule has 1 aromatic heterocycles. The Balaban J connectivity index is 1.84. The average Bonchev–Trinajstić information content (AvgIpc) is 3.10. The van der Waals surface area contributed by atoms with Gasteiger partial charge in [-0.15, -0.1) is 11.3 Å². The van der Waals surface area contributed by atoms with Gasteiger partial charge in [0.2, 0.25) is 5.91 Å². The number of rotatable bonds is 3. The molecule has 3 amide bonds. The molecule has 0 saturated heterocycles. The molecule has 0 unspecified atom stereocenters. The van der Waals surface area contributed by atoms with Crippen LogP contribution in [0.3, 0.4) is 0 Å². The third kappa shape index (κ3) is 2.44. The van der Waals surface area contributed by atoms with E-state index in [2.05, 4.69) is 5.32 Å². The normalized spacial score (nSPS) is 13.8. The molecule has 6 heteroatoms. The highest BCUT2D eigenvalue weighted by Crippen LogP contribution is 2.28. The van der Waals surface area contributed by atoms with E-state index in [0.29, 0.717) is 11.3 Å². The molecule has 110 valence electrons. The Morgan fingerprint density at radius 1 is 1.18 bits per heavy atom. The van der Waals surface area contributed by atoms with Gasteiger partial charge < -0.3 is 5.32 Å². The molecule has 0 saturated carbocycles. The highest BCUT2D eigenvalue weighted by atomic mass is 32.1. The lowest BCUT2D eigenvalue weighted by molar-refractivity contribution is -0.111. The molecular weight excluding hydrogens is 300 g/mol. The molecule has 0 fully saturated rings. The SMILES string of the molecule is CN1C(=O)c2cccc(NC(=O)/C=C/c3cccs3)c2C1=O. The highest BCUT2D eigenvalue weighted by Gasteiger charge is 2.34. The molecule has 0 spiro atoms. The molecular formula is C16H12N2O3S. The first kappa shape index (κ1) is 14.2. The van der Waals surface area contributed by atoms with Crippen LogP contribution in [0.2, 0.25) is 0 Å². The first-order valence-corrected chi connectivity index (χ1v) is 7.44. The summed E-state index contributed by atoms with van der Waals surface area (Å²) in [5, 5.41) is 4.57. The van der Waals surface area contributed by atoms with Crippen LogP contribution in [0.1, 0.15) is 25.6 Å². The van der Waals surface area contributed by atoms with E-state index >= 15 is 0 Å². The summed E-state index contributed by atoms with van der Waals surface area (Å²) in [4.78, 5) is 38.0. The maximum absolute atomic E-state index is 12.1. The summed E-state index contributed by atoms with van der Waals surface area (Å²) in [6, 6.07) is 8.62. The predicted octanol–water partition coefficient (Wildman–Crippen LogP) is 2.63. The molecule has 5 nitrogen and oxygen atoms in total. The van der Waals surface area contributed by atoms with Crippen LogP contribution in [0.4, 0.5) is 5.69 Å². The number of benzene rings is 1. The standard InChI is InChI=1S/C16H12N2O3S/c1-18-15(20)11-5-2-6-12(14(11)16(18)21)17-13(19)8-7-10-4-3-9-22-10/h2-9H,1H3,(H,17,19)/b8-7+. The predicted molar refractivity (Wildman–Crippen MR) is 84.8 cm³/mol. The number of carbonyl (C=O) groups excluding carboxylic acids is 3. The van der Waals surface area contributed by atoms with Gasteiger partial charge in [0, 0.05) is 18.0 Å². The van der Waals surface area contributed by atoms with Crippen molar-refractivity contribution >= 4 is 40.8 Å². The Morgan fingerprint density at radius 3 is 2.73 bits per heavy atom. The molecule has 0 bridgehead atoms. The van der Waals surface area contributed by atoms with Crippen LogP contribution in [0, 0.1) is 0 Å². The molecule has 22 heavy (non-hydrogen) atoms. The van der Waals surface area contributed by atoms with Gasteiger partial charge in [-0.3, -0.25) is 19.3 Å². The zero-order valence-electron chi connectivity index (χ0n) is 11.7. The second-order valence-electron chi connectivity index (χ2n) is 4.74. The Bertz CT molecular complexity index is 794. The second kappa shape index (κ2) is 5.57. The minimum absolute atomic E-state index is 0.243. The lowest BCUT2D eigenvalue weighted by atomic mass is 10.1. The van der Waals surface area contributed by atoms with Crippen LogP contribution in [0.5, 0.6) is 0 Å². The summed E-state index contributed by atoms with van der Waals surface area (Å²) >= 11 is 1.52. The van der Waals surface area contributed by atoms with E-state index in [1.54, 1.807) is 24.3 Å². The van der Waals surface area contributed by atoms with Crippen LogP contribution >= 0.6 is 11.3 Å². The number of imide groups is 1. The number of nitrogens with one attached hydrogen (secondary N) is 1. The molecule has 1 aromatic carbocycles. The summed E-state index contributed by atoms with van der Waals surface area (Å²) in [6.07, 6.45) is 3.10. The van der Waals surface area contributed by atoms with Crippen LogP contribution in [-0.2, 0) is 4.79 Å². The van der Waals surface area contributed by atoms with Gasteiger partial charge in [-0.25, -0.2) is 0 Å². The van der Waals surface area contributed by atoms with E-state index in [1.165, 1.54) is 24.5 Å². The van der Waals surface area contributed by atoms with Gasteiger partial charge in [-0.05, 0) is 29.7 Å². The Kier molecular flexibility index (Phi) is 3.60. The summed E-state index contributed by atoms with van der Waals surface area (Å²) in [7, 11) is 1.42. The number of hydrogen-bond acceptors (Lipinski definition) is 4.